The number of anilines is 1. The molecule has 0 spiro atoms. The molecule has 0 aliphatic carbocycles. The van der Waals surface area contributed by atoms with Crippen molar-refractivity contribution in [1.29, 1.82) is 0 Å². The summed E-state index contributed by atoms with van der Waals surface area (Å²) in [6.07, 6.45) is -1.02. The molecule has 1 unspecified atom stereocenters. The third-order valence-electron chi connectivity index (χ3n) is 5.40. The van der Waals surface area contributed by atoms with Gasteiger partial charge in [-0.15, -0.1) is 10.2 Å². The minimum atomic E-state index is -1.02. The molecule has 3 aromatic carbocycles. The molecule has 36 heavy (non-hydrogen) atoms. The quantitative estimate of drug-likeness (QED) is 0.318. The van der Waals surface area contributed by atoms with E-state index < -0.39 is 18.0 Å². The summed E-state index contributed by atoms with van der Waals surface area (Å²) in [7, 11) is 0. The molecule has 0 fully saturated rings. The normalized spacial score (nSPS) is 11.7. The number of aromatic nitrogens is 4. The number of carbonyl (C=O) groups excluding carboxylic acids is 2. The van der Waals surface area contributed by atoms with Gasteiger partial charge in [0.15, 0.2) is 6.10 Å². The molecule has 0 radical (unpaired) electrons. The van der Waals surface area contributed by atoms with Gasteiger partial charge in [-0.3, -0.25) is 10.1 Å². The summed E-state index contributed by atoms with van der Waals surface area (Å²) >= 11 is 1.24. The maximum Gasteiger partial charge on any atom is 0.338 e. The average Bonchev–Trinajstić information content (AvgIpc) is 3.32. The van der Waals surface area contributed by atoms with Gasteiger partial charge >= 0.3 is 5.97 Å². The van der Waals surface area contributed by atoms with Gasteiger partial charge in [-0.25, -0.2) is 14.8 Å². The summed E-state index contributed by atoms with van der Waals surface area (Å²) in [5.74, 6) is -1.12. The molecule has 0 aliphatic rings. The molecule has 1 atom stereocenters. The van der Waals surface area contributed by atoms with Crippen molar-refractivity contribution in [1.82, 2.24) is 20.2 Å². The van der Waals surface area contributed by atoms with Gasteiger partial charge in [0, 0.05) is 11.1 Å². The van der Waals surface area contributed by atoms with Crippen molar-refractivity contribution in [3.8, 4) is 22.5 Å². The maximum absolute atomic E-state index is 12.8. The van der Waals surface area contributed by atoms with Crippen molar-refractivity contribution in [2.75, 3.05) is 5.32 Å². The molecule has 0 saturated heterocycles. The van der Waals surface area contributed by atoms with Crippen LogP contribution in [0.1, 0.15) is 22.3 Å². The van der Waals surface area contributed by atoms with Crippen LogP contribution in [0.2, 0.25) is 0 Å². The van der Waals surface area contributed by atoms with Crippen LogP contribution in [0, 0.1) is 6.92 Å². The zero-order valence-electron chi connectivity index (χ0n) is 19.5. The molecule has 0 bridgehead atoms. The summed E-state index contributed by atoms with van der Waals surface area (Å²) in [6, 6.07) is 24.6. The second-order valence-corrected chi connectivity index (χ2v) is 9.20. The molecule has 5 aromatic rings. The first-order valence-electron chi connectivity index (χ1n) is 11.2. The molecule has 2 heterocycles. The van der Waals surface area contributed by atoms with Gasteiger partial charge in [0.2, 0.25) is 5.13 Å². The Morgan fingerprint density at radius 3 is 2.03 bits per heavy atom. The molecule has 178 valence electrons. The zero-order chi connectivity index (χ0) is 25.1. The number of benzene rings is 3. The smallest absolute Gasteiger partial charge is 0.338 e. The van der Waals surface area contributed by atoms with E-state index in [1.165, 1.54) is 18.3 Å². The third-order valence-corrected chi connectivity index (χ3v) is 6.16. The summed E-state index contributed by atoms with van der Waals surface area (Å²) in [4.78, 5) is 35.0. The van der Waals surface area contributed by atoms with E-state index in [-0.39, 0.29) is 5.56 Å². The van der Waals surface area contributed by atoms with Crippen LogP contribution >= 0.6 is 11.3 Å². The molecule has 8 nitrogen and oxygen atoms in total. The van der Waals surface area contributed by atoms with E-state index in [2.05, 4.69) is 15.5 Å². The second-order valence-electron chi connectivity index (χ2n) is 8.02. The molecule has 5 rings (SSSR count). The summed E-state index contributed by atoms with van der Waals surface area (Å²) in [5.41, 5.74) is 4.78. The van der Waals surface area contributed by atoms with Gasteiger partial charge in [0.25, 0.3) is 5.91 Å². The predicted octanol–water partition coefficient (Wildman–Crippen LogP) is 5.31. The Kier molecular flexibility index (Phi) is 6.46. The van der Waals surface area contributed by atoms with Crippen LogP contribution in [0.4, 0.5) is 5.13 Å². The van der Waals surface area contributed by atoms with E-state index in [1.54, 1.807) is 25.1 Å². The molecule has 0 saturated carbocycles. The lowest BCUT2D eigenvalue weighted by atomic mass is 10.0. The van der Waals surface area contributed by atoms with Crippen LogP contribution in [-0.2, 0) is 9.53 Å². The number of hydrogen-bond acceptors (Lipinski definition) is 8. The first kappa shape index (κ1) is 23.3. The minimum absolute atomic E-state index is 0.273. The van der Waals surface area contributed by atoms with Crippen LogP contribution in [-0.4, -0.2) is 38.1 Å². The lowest BCUT2D eigenvalue weighted by molar-refractivity contribution is -0.123. The summed E-state index contributed by atoms with van der Waals surface area (Å²) in [6.45, 7) is 3.28. The van der Waals surface area contributed by atoms with E-state index in [0.717, 1.165) is 21.8 Å². The van der Waals surface area contributed by atoms with E-state index >= 15 is 0 Å². The molecule has 0 aliphatic heterocycles. The van der Waals surface area contributed by atoms with Gasteiger partial charge in [0.1, 0.15) is 5.01 Å². The van der Waals surface area contributed by atoms with Gasteiger partial charge in [-0.1, -0.05) is 72.0 Å². The van der Waals surface area contributed by atoms with Crippen LogP contribution in [0.25, 0.3) is 33.5 Å². The fourth-order valence-electron chi connectivity index (χ4n) is 3.61. The van der Waals surface area contributed by atoms with Crippen molar-refractivity contribution in [3.63, 3.8) is 0 Å². The number of aryl methyl sites for hydroxylation is 1. The van der Waals surface area contributed by atoms with Crippen LogP contribution in [0.15, 0.2) is 78.9 Å². The number of carbonyl (C=O) groups is 2. The monoisotopic (exact) mass is 495 g/mol. The Bertz CT molecular complexity index is 1550. The number of fused-ring (bicyclic) bond motifs is 1. The highest BCUT2D eigenvalue weighted by Crippen LogP contribution is 2.31. The summed E-state index contributed by atoms with van der Waals surface area (Å²) < 4.78 is 5.39. The number of rotatable bonds is 6. The second kappa shape index (κ2) is 10.0. The van der Waals surface area contributed by atoms with Gasteiger partial charge in [-0.05, 0) is 32.0 Å². The Morgan fingerprint density at radius 2 is 1.44 bits per heavy atom. The number of nitrogens with one attached hydrogen (secondary N) is 1. The molecule has 1 amide bonds. The van der Waals surface area contributed by atoms with Crippen molar-refractivity contribution in [3.05, 3.63) is 89.4 Å². The SMILES string of the molecule is Cc1nnc(NC(=O)C(C)OC(=O)c2ccc3nc(-c4ccccc4)c(-c4ccccc4)nc3c2)s1. The van der Waals surface area contributed by atoms with Gasteiger partial charge in [0.05, 0.1) is 28.0 Å². The highest BCUT2D eigenvalue weighted by atomic mass is 32.1. The van der Waals surface area contributed by atoms with Crippen LogP contribution in [0.5, 0.6) is 0 Å². The van der Waals surface area contributed by atoms with Crippen molar-refractivity contribution < 1.29 is 14.3 Å². The number of amides is 1. The largest absolute Gasteiger partial charge is 0.449 e. The topological polar surface area (TPSA) is 107 Å². The first-order valence-corrected chi connectivity index (χ1v) is 12.0. The Morgan fingerprint density at radius 1 is 0.833 bits per heavy atom. The minimum Gasteiger partial charge on any atom is -0.449 e. The lowest BCUT2D eigenvalue weighted by Gasteiger charge is -2.13. The molecular formula is C27H21N5O3S. The van der Waals surface area contributed by atoms with Gasteiger partial charge in [-0.2, -0.15) is 0 Å². The predicted molar refractivity (Wildman–Crippen MR) is 139 cm³/mol. The maximum atomic E-state index is 12.8. The van der Waals surface area contributed by atoms with E-state index in [9.17, 15) is 9.59 Å². The van der Waals surface area contributed by atoms with Crippen LogP contribution < -0.4 is 5.32 Å². The van der Waals surface area contributed by atoms with Crippen molar-refractivity contribution in [2.45, 2.75) is 20.0 Å². The number of nitrogens with zero attached hydrogens (tertiary/aromatic N) is 4. The fourth-order valence-corrected chi connectivity index (χ4v) is 4.21. The van der Waals surface area contributed by atoms with Crippen molar-refractivity contribution >= 4 is 39.4 Å². The molecule has 1 N–H and O–H groups in total. The molecule has 2 aromatic heterocycles. The summed E-state index contributed by atoms with van der Waals surface area (Å²) in [5, 5.41) is 11.4. The van der Waals surface area contributed by atoms with E-state index in [0.29, 0.717) is 21.9 Å². The number of hydrogen-bond donors (Lipinski definition) is 1. The number of ether oxygens (including phenoxy) is 1. The lowest BCUT2D eigenvalue weighted by Crippen LogP contribution is -2.30. The van der Waals surface area contributed by atoms with Crippen molar-refractivity contribution in [2.24, 2.45) is 0 Å². The Labute approximate surface area is 211 Å². The highest BCUT2D eigenvalue weighted by molar-refractivity contribution is 7.15. The third kappa shape index (κ3) is 4.96. The fraction of sp³-hybridized carbons (Fsp3) is 0.111. The van der Waals surface area contributed by atoms with E-state index in [1.807, 2.05) is 60.7 Å². The molecular weight excluding hydrogens is 474 g/mol. The van der Waals surface area contributed by atoms with Gasteiger partial charge < -0.3 is 4.74 Å². The average molecular weight is 496 g/mol. The number of esters is 1. The Hall–Kier alpha value is -4.50. The standard InChI is InChI=1S/C27H21N5O3S/c1-16(25(33)30-27-32-31-17(2)36-27)35-26(34)20-13-14-21-22(15-20)29-24(19-11-7-4-8-12-19)23(28-21)18-9-5-3-6-10-18/h3-16H,1-2H3,(H,30,32,33). The van der Waals surface area contributed by atoms with E-state index in [4.69, 9.17) is 14.7 Å². The molecule has 9 heteroatoms. The first-order chi connectivity index (χ1) is 17.5. The van der Waals surface area contributed by atoms with Crippen LogP contribution in [0.3, 0.4) is 0 Å². The highest BCUT2D eigenvalue weighted by Gasteiger charge is 2.21. The Balaban J connectivity index is 1.44. The zero-order valence-corrected chi connectivity index (χ0v) is 20.3.